The number of benzene rings is 3. The molecule has 41 heavy (non-hydrogen) atoms. The Labute approximate surface area is 242 Å². The molecular formula is C31H31ClFN3O5. The van der Waals surface area contributed by atoms with Crippen LogP contribution in [0.15, 0.2) is 48.5 Å². The summed E-state index contributed by atoms with van der Waals surface area (Å²) in [6.45, 7) is 4.91. The summed E-state index contributed by atoms with van der Waals surface area (Å²) in [4.78, 5) is 18.6. The van der Waals surface area contributed by atoms with Crippen molar-refractivity contribution in [2.45, 2.75) is 51.6 Å². The van der Waals surface area contributed by atoms with Crippen LogP contribution in [-0.4, -0.2) is 51.9 Å². The molecule has 1 aromatic heterocycles. The fourth-order valence-electron chi connectivity index (χ4n) is 5.57. The molecule has 8 nitrogen and oxygen atoms in total. The maximum absolute atomic E-state index is 15.0. The average Bonchev–Trinajstić information content (AvgIpc) is 3.29. The Morgan fingerprint density at radius 2 is 2.00 bits per heavy atom. The molecule has 214 valence electrons. The van der Waals surface area contributed by atoms with E-state index in [1.807, 2.05) is 41.0 Å². The first-order chi connectivity index (χ1) is 19.8. The predicted octanol–water partition coefficient (Wildman–Crippen LogP) is 6.02. The van der Waals surface area contributed by atoms with Gasteiger partial charge in [-0.3, -0.25) is 4.90 Å². The van der Waals surface area contributed by atoms with Gasteiger partial charge in [0.25, 0.3) is 0 Å². The van der Waals surface area contributed by atoms with Crippen molar-refractivity contribution < 1.29 is 28.5 Å². The van der Waals surface area contributed by atoms with Crippen molar-refractivity contribution in [2.24, 2.45) is 0 Å². The van der Waals surface area contributed by atoms with Crippen molar-refractivity contribution in [3.63, 3.8) is 0 Å². The van der Waals surface area contributed by atoms with Crippen molar-refractivity contribution in [1.82, 2.24) is 14.5 Å². The molecule has 10 heteroatoms. The lowest BCUT2D eigenvalue weighted by molar-refractivity contribution is -0.0592. The molecule has 3 aromatic carbocycles. The summed E-state index contributed by atoms with van der Waals surface area (Å²) in [5, 5.41) is 10.1. The van der Waals surface area contributed by atoms with Gasteiger partial charge in [0.15, 0.2) is 5.82 Å². The van der Waals surface area contributed by atoms with Crippen LogP contribution in [-0.2, 0) is 30.9 Å². The molecule has 2 aliphatic rings. The van der Waals surface area contributed by atoms with Crippen molar-refractivity contribution in [3.8, 4) is 11.5 Å². The van der Waals surface area contributed by atoms with Crippen LogP contribution in [0.25, 0.3) is 11.0 Å². The molecule has 4 aromatic rings. The number of imidazole rings is 1. The van der Waals surface area contributed by atoms with Gasteiger partial charge in [0.05, 0.1) is 42.4 Å². The first-order valence-corrected chi connectivity index (χ1v) is 14.0. The zero-order valence-electron chi connectivity index (χ0n) is 22.9. The summed E-state index contributed by atoms with van der Waals surface area (Å²) in [6, 6.07) is 14.3. The first-order valence-electron chi connectivity index (χ1n) is 13.7. The highest BCUT2D eigenvalue weighted by molar-refractivity contribution is 6.32. The molecule has 0 bridgehead atoms. The van der Waals surface area contributed by atoms with E-state index in [0.29, 0.717) is 48.4 Å². The molecule has 0 aliphatic carbocycles. The smallest absolute Gasteiger partial charge is 0.335 e. The summed E-state index contributed by atoms with van der Waals surface area (Å²) in [5.41, 5.74) is 3.84. The van der Waals surface area contributed by atoms with Gasteiger partial charge in [-0.1, -0.05) is 23.7 Å². The summed E-state index contributed by atoms with van der Waals surface area (Å²) >= 11 is 6.61. The highest BCUT2D eigenvalue weighted by Crippen LogP contribution is 2.38. The molecule has 2 atom stereocenters. The van der Waals surface area contributed by atoms with Crippen LogP contribution < -0.4 is 9.47 Å². The third kappa shape index (κ3) is 5.49. The Morgan fingerprint density at radius 3 is 2.68 bits per heavy atom. The minimum absolute atomic E-state index is 0.00486. The lowest BCUT2D eigenvalue weighted by atomic mass is 9.93. The zero-order chi connectivity index (χ0) is 28.7. The summed E-state index contributed by atoms with van der Waals surface area (Å²) in [6.07, 6.45) is 1.69. The second-order valence-electron chi connectivity index (χ2n) is 10.6. The number of nitrogens with zero attached hydrogens (tertiary/aromatic N) is 3. The zero-order valence-corrected chi connectivity index (χ0v) is 23.7. The number of hydrogen-bond donors (Lipinski definition) is 1. The first kappa shape index (κ1) is 27.5. The average molecular weight is 580 g/mol. The Morgan fingerprint density at radius 1 is 1.22 bits per heavy atom. The number of ether oxygens (including phenoxy) is 3. The largest absolute Gasteiger partial charge is 0.497 e. The molecule has 1 fully saturated rings. The van der Waals surface area contributed by atoms with Gasteiger partial charge in [0.2, 0.25) is 0 Å². The number of halogens is 2. The number of carboxylic acid groups (broad SMARTS) is 1. The quantitative estimate of drug-likeness (QED) is 0.259. The van der Waals surface area contributed by atoms with Crippen LogP contribution in [0.2, 0.25) is 5.02 Å². The van der Waals surface area contributed by atoms with Crippen LogP contribution >= 0.6 is 11.6 Å². The minimum Gasteiger partial charge on any atom is -0.497 e. The second kappa shape index (κ2) is 11.3. The summed E-state index contributed by atoms with van der Waals surface area (Å²) < 4.78 is 33.9. The number of rotatable bonds is 9. The third-order valence-corrected chi connectivity index (χ3v) is 8.37. The number of fused-ring (bicyclic) bond motifs is 2. The van der Waals surface area contributed by atoms with Gasteiger partial charge in [0, 0.05) is 19.2 Å². The fraction of sp³-hybridized carbons (Fsp3) is 0.355. The monoisotopic (exact) mass is 579 g/mol. The third-order valence-electron chi connectivity index (χ3n) is 8.07. The molecule has 0 amide bonds. The van der Waals surface area contributed by atoms with Crippen LogP contribution in [0.4, 0.5) is 4.39 Å². The second-order valence-corrected chi connectivity index (χ2v) is 11.0. The van der Waals surface area contributed by atoms with E-state index in [1.165, 1.54) is 11.6 Å². The molecule has 1 N–H and O–H groups in total. The SMILES string of the molecule is COc1ccc(COc2cc3c(cc2Cl)CCN(Cc2nc4c(F)cc(C(=O)O)cc4n2C[C@@H]2CCO2)[C@H]3C)cc1. The number of aromatic nitrogens is 2. The minimum atomic E-state index is -1.18. The van der Waals surface area contributed by atoms with E-state index in [1.54, 1.807) is 7.11 Å². The van der Waals surface area contributed by atoms with E-state index < -0.39 is 11.8 Å². The normalized spacial score (nSPS) is 18.6. The highest BCUT2D eigenvalue weighted by atomic mass is 35.5. The number of carboxylic acids is 1. The number of carbonyl (C=O) groups is 1. The van der Waals surface area contributed by atoms with Gasteiger partial charge in [0.1, 0.15) is 29.4 Å². The molecule has 2 aliphatic heterocycles. The predicted molar refractivity (Wildman–Crippen MR) is 152 cm³/mol. The maximum atomic E-state index is 15.0. The van der Waals surface area contributed by atoms with Crippen LogP contribution in [0, 0.1) is 5.82 Å². The lowest BCUT2D eigenvalue weighted by Gasteiger charge is -2.36. The van der Waals surface area contributed by atoms with Gasteiger partial charge < -0.3 is 23.9 Å². The van der Waals surface area contributed by atoms with Gasteiger partial charge in [-0.2, -0.15) is 0 Å². The molecule has 6 rings (SSSR count). The van der Waals surface area contributed by atoms with E-state index in [-0.39, 0.29) is 23.2 Å². The van der Waals surface area contributed by atoms with Crippen LogP contribution in [0.3, 0.4) is 0 Å². The Bertz CT molecular complexity index is 1600. The van der Waals surface area contributed by atoms with E-state index in [0.717, 1.165) is 42.3 Å². The maximum Gasteiger partial charge on any atom is 0.335 e. The molecule has 0 unspecified atom stereocenters. The van der Waals surface area contributed by atoms with Crippen molar-refractivity contribution in [2.75, 3.05) is 20.3 Å². The summed E-state index contributed by atoms with van der Waals surface area (Å²) in [7, 11) is 1.63. The van der Waals surface area contributed by atoms with E-state index >= 15 is 0 Å². The van der Waals surface area contributed by atoms with E-state index in [9.17, 15) is 14.3 Å². The number of methoxy groups -OCH3 is 1. The lowest BCUT2D eigenvalue weighted by Crippen LogP contribution is -2.36. The van der Waals surface area contributed by atoms with E-state index in [2.05, 4.69) is 16.8 Å². The Balaban J connectivity index is 1.26. The molecule has 1 saturated heterocycles. The molecular weight excluding hydrogens is 549 g/mol. The van der Waals surface area contributed by atoms with Gasteiger partial charge in [-0.05, 0) is 72.9 Å². The number of hydrogen-bond acceptors (Lipinski definition) is 6. The number of aromatic carboxylic acids is 1. The molecule has 0 radical (unpaired) electrons. The van der Waals surface area contributed by atoms with Gasteiger partial charge >= 0.3 is 5.97 Å². The Hall–Kier alpha value is -3.66. The fourth-order valence-corrected chi connectivity index (χ4v) is 5.81. The van der Waals surface area contributed by atoms with Crippen molar-refractivity contribution in [3.05, 3.63) is 87.4 Å². The van der Waals surface area contributed by atoms with Crippen molar-refractivity contribution >= 4 is 28.6 Å². The Kier molecular flexibility index (Phi) is 7.59. The standard InChI is InChI=1S/C31H31ClFN3O5/c1-18-24-14-28(41-17-19-3-5-22(39-2)6-4-19)25(32)11-20(24)7-9-35(18)16-29-34-30-26(33)12-21(31(37)38)13-27(30)36(29)15-23-8-10-40-23/h3-6,11-14,18,23H,7-10,15-17H2,1-2H3,(H,37,38)/t18-,23-/m0/s1. The summed E-state index contributed by atoms with van der Waals surface area (Å²) in [5.74, 6) is 0.266. The van der Waals surface area contributed by atoms with Crippen LogP contribution in [0.1, 0.15) is 52.3 Å². The van der Waals surface area contributed by atoms with Gasteiger partial charge in [-0.25, -0.2) is 14.2 Å². The van der Waals surface area contributed by atoms with Crippen molar-refractivity contribution in [1.29, 1.82) is 0 Å². The molecule has 3 heterocycles. The highest BCUT2D eigenvalue weighted by Gasteiger charge is 2.29. The van der Waals surface area contributed by atoms with E-state index in [4.69, 9.17) is 25.8 Å². The van der Waals surface area contributed by atoms with Crippen LogP contribution in [0.5, 0.6) is 11.5 Å². The van der Waals surface area contributed by atoms with Gasteiger partial charge in [-0.15, -0.1) is 0 Å². The topological polar surface area (TPSA) is 86.0 Å². The molecule has 0 saturated carbocycles. The molecule has 0 spiro atoms.